The molecule has 2 aromatic rings. The van der Waals surface area contributed by atoms with Gasteiger partial charge in [0.25, 0.3) is 5.91 Å². The fraction of sp³-hybridized carbons (Fsp3) is 0. The number of ether oxygens (including phenoxy) is 1. The lowest BCUT2D eigenvalue weighted by atomic mass is 10.2. The molecule has 0 aliphatic heterocycles. The van der Waals surface area contributed by atoms with Gasteiger partial charge in [0.05, 0.1) is 9.13 Å². The van der Waals surface area contributed by atoms with Gasteiger partial charge in [0.1, 0.15) is 12.1 Å². The summed E-state index contributed by atoms with van der Waals surface area (Å²) in [6.07, 6.45) is 3.00. The number of amides is 1. The topological polar surface area (TPSA) is 78.1 Å². The van der Waals surface area contributed by atoms with Crippen LogP contribution >= 0.6 is 22.6 Å². The van der Waals surface area contributed by atoms with Crippen molar-refractivity contribution in [2.45, 2.75) is 0 Å². The number of para-hydroxylation sites is 1. The van der Waals surface area contributed by atoms with E-state index in [9.17, 15) is 4.79 Å². The molecule has 0 fully saturated rings. The summed E-state index contributed by atoms with van der Waals surface area (Å²) in [6.45, 7) is 0. The number of nitrogens with zero attached hydrogens (tertiary/aromatic N) is 2. The zero-order valence-corrected chi connectivity index (χ0v) is 10.8. The third kappa shape index (κ3) is 2.70. The molecular formula is C11H8IN3O2. The molecule has 0 spiro atoms. The second kappa shape index (κ2) is 5.09. The van der Waals surface area contributed by atoms with E-state index in [0.29, 0.717) is 17.2 Å². The number of halogens is 1. The lowest BCUT2D eigenvalue weighted by Crippen LogP contribution is -2.12. The van der Waals surface area contributed by atoms with E-state index in [1.807, 2.05) is 0 Å². The number of benzene rings is 1. The Hall–Kier alpha value is -1.70. The number of carbonyl (C=O) groups excluding carboxylic acids is 1. The van der Waals surface area contributed by atoms with Crippen LogP contribution in [-0.2, 0) is 0 Å². The minimum absolute atomic E-state index is 0.321. The van der Waals surface area contributed by atoms with Gasteiger partial charge >= 0.3 is 0 Å². The molecule has 0 aliphatic carbocycles. The minimum atomic E-state index is -0.537. The molecule has 0 saturated heterocycles. The largest absolute Gasteiger partial charge is 0.437 e. The van der Waals surface area contributed by atoms with Gasteiger partial charge in [-0.2, -0.15) is 0 Å². The van der Waals surface area contributed by atoms with Crippen LogP contribution in [0.4, 0.5) is 0 Å². The molecular weight excluding hydrogens is 333 g/mol. The van der Waals surface area contributed by atoms with Crippen molar-refractivity contribution in [2.75, 3.05) is 0 Å². The quantitative estimate of drug-likeness (QED) is 0.866. The Balaban J connectivity index is 2.37. The highest BCUT2D eigenvalue weighted by Gasteiger charge is 2.11. The summed E-state index contributed by atoms with van der Waals surface area (Å²) in [6, 6.07) is 6.75. The van der Waals surface area contributed by atoms with Crippen LogP contribution in [0.3, 0.4) is 0 Å². The number of hydrogen-bond acceptors (Lipinski definition) is 4. The molecule has 86 valence electrons. The molecule has 0 bridgehead atoms. The normalized spacial score (nSPS) is 9.94. The maximum atomic E-state index is 11.2. The standard InChI is InChI=1S/C11H8IN3O2/c12-8-5-14-6-15-11(8)17-9-4-2-1-3-7(9)10(13)16/h1-6H,(H2,13,16). The average Bonchev–Trinajstić information content (AvgIpc) is 2.32. The summed E-state index contributed by atoms with van der Waals surface area (Å²) in [7, 11) is 0. The van der Waals surface area contributed by atoms with Gasteiger partial charge < -0.3 is 10.5 Å². The van der Waals surface area contributed by atoms with Crippen molar-refractivity contribution in [3.8, 4) is 11.6 Å². The summed E-state index contributed by atoms with van der Waals surface area (Å²) >= 11 is 2.05. The van der Waals surface area contributed by atoms with Gasteiger partial charge in [0.15, 0.2) is 0 Å². The lowest BCUT2D eigenvalue weighted by Gasteiger charge is -2.08. The van der Waals surface area contributed by atoms with Gasteiger partial charge in [0.2, 0.25) is 5.88 Å². The van der Waals surface area contributed by atoms with Gasteiger partial charge in [-0.15, -0.1) is 0 Å². The molecule has 0 atom stereocenters. The Bertz CT molecular complexity index is 560. The maximum Gasteiger partial charge on any atom is 0.252 e. The molecule has 0 aliphatic rings. The molecule has 0 saturated carbocycles. The molecule has 0 radical (unpaired) electrons. The Morgan fingerprint density at radius 1 is 1.35 bits per heavy atom. The smallest absolute Gasteiger partial charge is 0.252 e. The fourth-order valence-corrected chi connectivity index (χ4v) is 1.65. The average molecular weight is 341 g/mol. The van der Waals surface area contributed by atoms with Crippen molar-refractivity contribution in [1.82, 2.24) is 9.97 Å². The highest BCUT2D eigenvalue weighted by molar-refractivity contribution is 14.1. The van der Waals surface area contributed by atoms with Crippen molar-refractivity contribution in [3.63, 3.8) is 0 Å². The van der Waals surface area contributed by atoms with Crippen LogP contribution in [0.5, 0.6) is 11.6 Å². The van der Waals surface area contributed by atoms with Crippen LogP contribution in [0.25, 0.3) is 0 Å². The molecule has 5 nitrogen and oxygen atoms in total. The van der Waals surface area contributed by atoms with E-state index < -0.39 is 5.91 Å². The molecule has 1 aromatic carbocycles. The van der Waals surface area contributed by atoms with Crippen molar-refractivity contribution in [1.29, 1.82) is 0 Å². The first kappa shape index (κ1) is 11.8. The van der Waals surface area contributed by atoms with E-state index >= 15 is 0 Å². The van der Waals surface area contributed by atoms with E-state index in [1.165, 1.54) is 6.33 Å². The molecule has 6 heteroatoms. The van der Waals surface area contributed by atoms with E-state index in [2.05, 4.69) is 32.6 Å². The third-order valence-corrected chi connectivity index (χ3v) is 2.73. The van der Waals surface area contributed by atoms with Crippen LogP contribution < -0.4 is 10.5 Å². The zero-order valence-electron chi connectivity index (χ0n) is 8.63. The zero-order chi connectivity index (χ0) is 12.3. The Morgan fingerprint density at radius 3 is 2.82 bits per heavy atom. The number of primary amides is 1. The summed E-state index contributed by atoms with van der Waals surface area (Å²) in [4.78, 5) is 19.0. The first-order valence-electron chi connectivity index (χ1n) is 4.70. The Morgan fingerprint density at radius 2 is 2.12 bits per heavy atom. The Kier molecular flexibility index (Phi) is 3.52. The summed E-state index contributed by atoms with van der Waals surface area (Å²) < 4.78 is 6.30. The highest BCUT2D eigenvalue weighted by atomic mass is 127. The monoisotopic (exact) mass is 341 g/mol. The maximum absolute atomic E-state index is 11.2. The first-order chi connectivity index (χ1) is 8.18. The first-order valence-corrected chi connectivity index (χ1v) is 5.78. The van der Waals surface area contributed by atoms with Crippen molar-refractivity contribution < 1.29 is 9.53 Å². The predicted octanol–water partition coefficient (Wildman–Crippen LogP) is 1.97. The van der Waals surface area contributed by atoms with Gasteiger partial charge in [-0.25, -0.2) is 9.97 Å². The van der Waals surface area contributed by atoms with Crippen LogP contribution in [-0.4, -0.2) is 15.9 Å². The number of nitrogens with two attached hydrogens (primary N) is 1. The van der Waals surface area contributed by atoms with E-state index in [1.54, 1.807) is 30.5 Å². The van der Waals surface area contributed by atoms with Crippen molar-refractivity contribution in [2.24, 2.45) is 5.73 Å². The van der Waals surface area contributed by atoms with Gasteiger partial charge in [-0.05, 0) is 34.7 Å². The van der Waals surface area contributed by atoms with Crippen molar-refractivity contribution in [3.05, 3.63) is 45.9 Å². The second-order valence-electron chi connectivity index (χ2n) is 3.14. The van der Waals surface area contributed by atoms with Crippen LogP contribution in [0.2, 0.25) is 0 Å². The molecule has 2 N–H and O–H groups in total. The van der Waals surface area contributed by atoms with Crippen LogP contribution in [0.15, 0.2) is 36.8 Å². The van der Waals surface area contributed by atoms with Gasteiger partial charge in [-0.3, -0.25) is 4.79 Å². The molecule has 17 heavy (non-hydrogen) atoms. The number of rotatable bonds is 3. The minimum Gasteiger partial charge on any atom is -0.437 e. The number of carbonyl (C=O) groups is 1. The fourth-order valence-electron chi connectivity index (χ4n) is 1.24. The molecule has 1 heterocycles. The van der Waals surface area contributed by atoms with Crippen LogP contribution in [0.1, 0.15) is 10.4 Å². The summed E-state index contributed by atoms with van der Waals surface area (Å²) in [5.41, 5.74) is 5.57. The number of aromatic nitrogens is 2. The second-order valence-corrected chi connectivity index (χ2v) is 4.30. The predicted molar refractivity (Wildman–Crippen MR) is 69.8 cm³/mol. The highest BCUT2D eigenvalue weighted by Crippen LogP contribution is 2.26. The number of hydrogen-bond donors (Lipinski definition) is 1. The Labute approximate surface area is 111 Å². The van der Waals surface area contributed by atoms with E-state index in [-0.39, 0.29) is 0 Å². The van der Waals surface area contributed by atoms with Crippen LogP contribution in [0, 0.1) is 3.57 Å². The molecule has 1 aromatic heterocycles. The molecule has 2 rings (SSSR count). The molecule has 1 amide bonds. The van der Waals surface area contributed by atoms with E-state index in [4.69, 9.17) is 10.5 Å². The lowest BCUT2D eigenvalue weighted by molar-refractivity contribution is 0.0998. The van der Waals surface area contributed by atoms with Gasteiger partial charge in [0, 0.05) is 6.20 Å². The summed E-state index contributed by atoms with van der Waals surface area (Å²) in [5, 5.41) is 0. The van der Waals surface area contributed by atoms with Crippen molar-refractivity contribution >= 4 is 28.5 Å². The molecule has 0 unspecified atom stereocenters. The van der Waals surface area contributed by atoms with E-state index in [0.717, 1.165) is 3.57 Å². The third-order valence-electron chi connectivity index (χ3n) is 1.99. The summed E-state index contributed by atoms with van der Waals surface area (Å²) in [5.74, 6) is 0.246. The van der Waals surface area contributed by atoms with Gasteiger partial charge in [-0.1, -0.05) is 12.1 Å². The SMILES string of the molecule is NC(=O)c1ccccc1Oc1ncncc1I.